The van der Waals surface area contributed by atoms with E-state index in [1.807, 2.05) is 0 Å². The predicted molar refractivity (Wildman–Crippen MR) is 54.6 cm³/mol. The van der Waals surface area contributed by atoms with Crippen LogP contribution in [0.5, 0.6) is 0 Å². The van der Waals surface area contributed by atoms with Gasteiger partial charge in [0.1, 0.15) is 6.61 Å². The summed E-state index contributed by atoms with van der Waals surface area (Å²) in [5.74, 6) is 5.23. The van der Waals surface area contributed by atoms with E-state index in [2.05, 4.69) is 18.4 Å². The molecule has 78 valence electrons. The highest BCUT2D eigenvalue weighted by Gasteiger charge is 2.16. The lowest BCUT2D eigenvalue weighted by molar-refractivity contribution is -0.148. The highest BCUT2D eigenvalue weighted by Crippen LogP contribution is 2.06. The zero-order valence-corrected chi connectivity index (χ0v) is 8.92. The second kappa shape index (κ2) is 6.22. The number of carbonyl (C=O) groups excluding carboxylic acids is 1. The van der Waals surface area contributed by atoms with Gasteiger partial charge in [-0.05, 0) is 13.8 Å². The molecule has 0 aromatic carbocycles. The van der Waals surface area contributed by atoms with Crippen LogP contribution >= 0.6 is 0 Å². The van der Waals surface area contributed by atoms with Crippen LogP contribution in [0.2, 0.25) is 0 Å². The largest absolute Gasteiger partial charge is 0.447 e. The van der Waals surface area contributed by atoms with Crippen molar-refractivity contribution in [3.05, 3.63) is 12.7 Å². The number of hydrogen-bond acceptors (Lipinski definition) is 3. The first-order chi connectivity index (χ1) is 6.48. The molecule has 0 aliphatic rings. The summed E-state index contributed by atoms with van der Waals surface area (Å²) in [6.45, 7) is 9.12. The number of ether oxygens (including phenoxy) is 2. The van der Waals surface area contributed by atoms with Crippen LogP contribution in [0.25, 0.3) is 0 Å². The van der Waals surface area contributed by atoms with Crippen LogP contribution in [-0.4, -0.2) is 24.8 Å². The smallest absolute Gasteiger partial charge is 0.304 e. The zero-order valence-electron chi connectivity index (χ0n) is 8.92. The summed E-state index contributed by atoms with van der Waals surface area (Å²) < 4.78 is 10.0. The molecule has 3 nitrogen and oxygen atoms in total. The molecule has 0 aromatic heterocycles. The molecule has 14 heavy (non-hydrogen) atoms. The van der Waals surface area contributed by atoms with Crippen LogP contribution in [0.3, 0.4) is 0 Å². The lowest BCUT2D eigenvalue weighted by atomic mass is 10.1. The summed E-state index contributed by atoms with van der Waals surface area (Å²) in [6.07, 6.45) is 1.65. The summed E-state index contributed by atoms with van der Waals surface area (Å²) in [5, 5.41) is 0. The molecule has 0 atom stereocenters. The summed E-state index contributed by atoms with van der Waals surface area (Å²) in [6, 6.07) is 0. The molecule has 0 fully saturated rings. The van der Waals surface area contributed by atoms with Gasteiger partial charge in [-0.15, -0.1) is 6.58 Å². The molecule has 0 rings (SSSR count). The number of carbonyl (C=O) groups is 1. The molecule has 0 aromatic rings. The average Bonchev–Trinajstić information content (AvgIpc) is 2.01. The third kappa shape index (κ3) is 7.38. The van der Waals surface area contributed by atoms with Gasteiger partial charge < -0.3 is 9.47 Å². The number of rotatable bonds is 4. The van der Waals surface area contributed by atoms with Crippen LogP contribution in [0.4, 0.5) is 0 Å². The Hall–Kier alpha value is -1.27. The van der Waals surface area contributed by atoms with Crippen molar-refractivity contribution in [2.24, 2.45) is 0 Å². The maximum absolute atomic E-state index is 10.7. The maximum Gasteiger partial charge on any atom is 0.304 e. The van der Waals surface area contributed by atoms with Crippen molar-refractivity contribution in [3.63, 3.8) is 0 Å². The Morgan fingerprint density at radius 1 is 1.57 bits per heavy atom. The summed E-state index contributed by atoms with van der Waals surface area (Å²) in [5.41, 5.74) is -0.747. The molecular formula is C11H16O3. The fourth-order valence-corrected chi connectivity index (χ4v) is 0.827. The second-order valence-electron chi connectivity index (χ2n) is 3.21. The first kappa shape index (κ1) is 12.7. The molecule has 0 unspecified atom stereocenters. The normalized spacial score (nSPS) is 9.93. The Balaban J connectivity index is 3.93. The van der Waals surface area contributed by atoms with Gasteiger partial charge in [0.05, 0.1) is 6.61 Å². The Morgan fingerprint density at radius 3 is 2.71 bits per heavy atom. The molecule has 0 bridgehead atoms. The van der Waals surface area contributed by atoms with E-state index in [0.29, 0.717) is 13.2 Å². The Morgan fingerprint density at radius 2 is 2.21 bits per heavy atom. The first-order valence-corrected chi connectivity index (χ1v) is 4.36. The lowest BCUT2D eigenvalue weighted by Gasteiger charge is -2.16. The SMILES string of the molecule is C=CCOCC#CC(C)(C)OC(C)=O. The van der Waals surface area contributed by atoms with Gasteiger partial charge in [0.2, 0.25) is 0 Å². The van der Waals surface area contributed by atoms with Gasteiger partial charge in [-0.2, -0.15) is 0 Å². The van der Waals surface area contributed by atoms with Gasteiger partial charge in [-0.1, -0.05) is 17.9 Å². The first-order valence-electron chi connectivity index (χ1n) is 4.36. The molecule has 0 amide bonds. The van der Waals surface area contributed by atoms with E-state index in [1.54, 1.807) is 19.9 Å². The molecule has 0 aliphatic carbocycles. The quantitative estimate of drug-likeness (QED) is 0.296. The predicted octanol–water partition coefficient (Wildman–Crippen LogP) is 1.53. The minimum atomic E-state index is -0.747. The maximum atomic E-state index is 10.7. The molecule has 0 saturated heterocycles. The third-order valence-corrected chi connectivity index (χ3v) is 1.20. The van der Waals surface area contributed by atoms with Gasteiger partial charge in [0.25, 0.3) is 0 Å². The molecule has 0 radical (unpaired) electrons. The van der Waals surface area contributed by atoms with Gasteiger partial charge in [-0.25, -0.2) is 0 Å². The summed E-state index contributed by atoms with van der Waals surface area (Å²) in [7, 11) is 0. The van der Waals surface area contributed by atoms with E-state index in [-0.39, 0.29) is 5.97 Å². The van der Waals surface area contributed by atoms with Crippen molar-refractivity contribution in [1.29, 1.82) is 0 Å². The number of esters is 1. The van der Waals surface area contributed by atoms with E-state index in [9.17, 15) is 4.79 Å². The van der Waals surface area contributed by atoms with Crippen LogP contribution in [-0.2, 0) is 14.3 Å². The molecule has 0 heterocycles. The van der Waals surface area contributed by atoms with Gasteiger partial charge in [0, 0.05) is 6.92 Å². The van der Waals surface area contributed by atoms with Crippen LogP contribution < -0.4 is 0 Å². The van der Waals surface area contributed by atoms with Crippen molar-refractivity contribution in [2.75, 3.05) is 13.2 Å². The minimum Gasteiger partial charge on any atom is -0.447 e. The van der Waals surface area contributed by atoms with E-state index in [1.165, 1.54) is 6.92 Å². The van der Waals surface area contributed by atoms with Crippen LogP contribution in [0.15, 0.2) is 12.7 Å². The topological polar surface area (TPSA) is 35.5 Å². The van der Waals surface area contributed by atoms with E-state index < -0.39 is 5.60 Å². The van der Waals surface area contributed by atoms with E-state index in [0.717, 1.165) is 0 Å². The molecule has 0 saturated carbocycles. The van der Waals surface area contributed by atoms with E-state index in [4.69, 9.17) is 9.47 Å². The van der Waals surface area contributed by atoms with Crippen LogP contribution in [0, 0.1) is 11.8 Å². The van der Waals surface area contributed by atoms with Crippen molar-refractivity contribution in [2.45, 2.75) is 26.4 Å². The lowest BCUT2D eigenvalue weighted by Crippen LogP contribution is -2.24. The second-order valence-corrected chi connectivity index (χ2v) is 3.21. The molecule has 0 N–H and O–H groups in total. The fourth-order valence-electron chi connectivity index (χ4n) is 0.827. The highest BCUT2D eigenvalue weighted by molar-refractivity contribution is 5.66. The Kier molecular flexibility index (Phi) is 5.66. The molecule has 3 heteroatoms. The van der Waals surface area contributed by atoms with Crippen molar-refractivity contribution in [3.8, 4) is 11.8 Å². The monoisotopic (exact) mass is 196 g/mol. The minimum absolute atomic E-state index is 0.316. The Bertz CT molecular complexity index is 255. The Labute approximate surface area is 85.1 Å². The summed E-state index contributed by atoms with van der Waals surface area (Å²) >= 11 is 0. The van der Waals surface area contributed by atoms with E-state index >= 15 is 0 Å². The average molecular weight is 196 g/mol. The summed E-state index contributed by atoms with van der Waals surface area (Å²) in [4.78, 5) is 10.7. The molecular weight excluding hydrogens is 180 g/mol. The van der Waals surface area contributed by atoms with Crippen molar-refractivity contribution in [1.82, 2.24) is 0 Å². The van der Waals surface area contributed by atoms with Crippen LogP contribution in [0.1, 0.15) is 20.8 Å². The van der Waals surface area contributed by atoms with Gasteiger partial charge in [0.15, 0.2) is 5.60 Å². The standard InChI is InChI=1S/C11H16O3/c1-5-8-13-9-6-7-11(3,4)14-10(2)12/h5H,1,8-9H2,2-4H3. The molecule has 0 aliphatic heterocycles. The fraction of sp³-hybridized carbons (Fsp3) is 0.545. The molecule has 0 spiro atoms. The zero-order chi connectivity index (χ0) is 11.0. The highest BCUT2D eigenvalue weighted by atomic mass is 16.6. The van der Waals surface area contributed by atoms with Crippen molar-refractivity contribution >= 4 is 5.97 Å². The van der Waals surface area contributed by atoms with Gasteiger partial charge in [-0.3, -0.25) is 4.79 Å². The van der Waals surface area contributed by atoms with Crippen molar-refractivity contribution < 1.29 is 14.3 Å². The number of hydrogen-bond donors (Lipinski definition) is 0. The third-order valence-electron chi connectivity index (χ3n) is 1.20. The van der Waals surface area contributed by atoms with Gasteiger partial charge >= 0.3 is 5.97 Å².